The van der Waals surface area contributed by atoms with Gasteiger partial charge in [0.2, 0.25) is 5.78 Å². The number of methoxy groups -OCH3 is 1. The van der Waals surface area contributed by atoms with Crippen LogP contribution in [0.3, 0.4) is 0 Å². The Hall–Kier alpha value is -3.10. The van der Waals surface area contributed by atoms with Gasteiger partial charge in [-0.05, 0) is 50.1 Å². The molecule has 0 spiro atoms. The normalized spacial score (nSPS) is 15.9. The van der Waals surface area contributed by atoms with Gasteiger partial charge in [-0.2, -0.15) is 0 Å². The lowest BCUT2D eigenvalue weighted by Gasteiger charge is -2.14. The molecule has 33 heavy (non-hydrogen) atoms. The molecule has 1 aliphatic heterocycles. The number of hydrogen-bond acceptors (Lipinski definition) is 7. The lowest BCUT2D eigenvalue weighted by molar-refractivity contribution is 0.0953. The van der Waals surface area contributed by atoms with Crippen molar-refractivity contribution in [2.45, 2.75) is 37.6 Å². The molecule has 2 aromatic heterocycles. The molecule has 0 unspecified atom stereocenters. The number of carbonyl (C=O) groups is 1. The standard InChI is InChI=1S/C25H25N3O4S/c1-16-20-7-3-4-8-22(20)32-23(16)21(29)15-33-25-27-26-24(17-9-11-18(30-2)12-10-17)28(25)14-19-6-5-13-31-19/h3-4,7-12,19H,5-6,13-15H2,1-2H3/t19-/m0/s1. The lowest BCUT2D eigenvalue weighted by atomic mass is 10.1. The fourth-order valence-corrected chi connectivity index (χ4v) is 4.95. The van der Waals surface area contributed by atoms with Crippen LogP contribution in [-0.4, -0.2) is 46.1 Å². The van der Waals surface area contributed by atoms with E-state index in [2.05, 4.69) is 14.8 Å². The van der Waals surface area contributed by atoms with Crippen LogP contribution in [0.1, 0.15) is 29.0 Å². The maximum atomic E-state index is 13.0. The zero-order valence-corrected chi connectivity index (χ0v) is 19.4. The van der Waals surface area contributed by atoms with Gasteiger partial charge in [-0.15, -0.1) is 10.2 Å². The van der Waals surface area contributed by atoms with Crippen molar-refractivity contribution < 1.29 is 18.7 Å². The number of aromatic nitrogens is 3. The highest BCUT2D eigenvalue weighted by Crippen LogP contribution is 2.30. The lowest BCUT2D eigenvalue weighted by Crippen LogP contribution is -2.17. The number of benzene rings is 2. The van der Waals surface area contributed by atoms with Crippen molar-refractivity contribution in [1.29, 1.82) is 0 Å². The van der Waals surface area contributed by atoms with Crippen LogP contribution in [-0.2, 0) is 11.3 Å². The predicted molar refractivity (Wildman–Crippen MR) is 127 cm³/mol. The molecule has 0 N–H and O–H groups in total. The summed E-state index contributed by atoms with van der Waals surface area (Å²) in [5.41, 5.74) is 2.54. The van der Waals surface area contributed by atoms with E-state index in [0.717, 1.165) is 53.1 Å². The summed E-state index contributed by atoms with van der Waals surface area (Å²) in [5.74, 6) is 2.09. The average molecular weight is 464 g/mol. The molecule has 8 heteroatoms. The summed E-state index contributed by atoms with van der Waals surface area (Å²) in [4.78, 5) is 13.0. The number of nitrogens with zero attached hydrogens (tertiary/aromatic N) is 3. The summed E-state index contributed by atoms with van der Waals surface area (Å²) in [6, 6.07) is 15.4. The first kappa shape index (κ1) is 21.7. The summed E-state index contributed by atoms with van der Waals surface area (Å²) >= 11 is 1.37. The number of rotatable bonds is 8. The van der Waals surface area contributed by atoms with E-state index in [4.69, 9.17) is 13.9 Å². The van der Waals surface area contributed by atoms with E-state index in [1.165, 1.54) is 11.8 Å². The Balaban J connectivity index is 1.40. The number of carbonyl (C=O) groups excluding carboxylic acids is 1. The van der Waals surface area contributed by atoms with Crippen LogP contribution in [0.25, 0.3) is 22.4 Å². The van der Waals surface area contributed by atoms with E-state index in [-0.39, 0.29) is 17.6 Å². The third-order valence-electron chi connectivity index (χ3n) is 5.90. The molecule has 7 nitrogen and oxygen atoms in total. The highest BCUT2D eigenvalue weighted by Gasteiger charge is 2.24. The minimum absolute atomic E-state index is 0.0636. The molecule has 2 aromatic carbocycles. The number of furan rings is 1. The summed E-state index contributed by atoms with van der Waals surface area (Å²) in [5, 5.41) is 10.5. The van der Waals surface area contributed by atoms with Crippen molar-refractivity contribution in [3.05, 3.63) is 59.9 Å². The van der Waals surface area contributed by atoms with E-state index in [9.17, 15) is 4.79 Å². The van der Waals surface area contributed by atoms with Crippen LogP contribution in [0, 0.1) is 6.92 Å². The Morgan fingerprint density at radius 1 is 1.18 bits per heavy atom. The van der Waals surface area contributed by atoms with Gasteiger partial charge in [0.1, 0.15) is 11.3 Å². The first-order valence-electron chi connectivity index (χ1n) is 11.0. The fourth-order valence-electron chi connectivity index (χ4n) is 4.14. The molecule has 0 amide bonds. The number of aryl methyl sites for hydroxylation is 1. The van der Waals surface area contributed by atoms with Gasteiger partial charge in [-0.1, -0.05) is 30.0 Å². The Labute approximate surface area is 196 Å². The minimum atomic E-state index is -0.0636. The number of Topliss-reactive ketones (excluding diaryl/α,β-unsaturated/α-hetero) is 1. The summed E-state index contributed by atoms with van der Waals surface area (Å²) in [6.07, 6.45) is 2.17. The molecule has 0 aliphatic carbocycles. The molecular weight excluding hydrogens is 438 g/mol. The average Bonchev–Trinajstić information content (AvgIpc) is 3.58. The maximum absolute atomic E-state index is 13.0. The van der Waals surface area contributed by atoms with Crippen molar-refractivity contribution in [3.8, 4) is 17.1 Å². The van der Waals surface area contributed by atoms with Gasteiger partial charge in [0.25, 0.3) is 0 Å². The highest BCUT2D eigenvalue weighted by molar-refractivity contribution is 7.99. The van der Waals surface area contributed by atoms with Crippen LogP contribution in [0.4, 0.5) is 0 Å². The Bertz CT molecular complexity index is 1270. The smallest absolute Gasteiger partial charge is 0.208 e. The molecule has 1 aliphatic rings. The largest absolute Gasteiger partial charge is 0.497 e. The van der Waals surface area contributed by atoms with Gasteiger partial charge < -0.3 is 13.9 Å². The molecule has 170 valence electrons. The minimum Gasteiger partial charge on any atom is -0.497 e. The third-order valence-corrected chi connectivity index (χ3v) is 6.87. The van der Waals surface area contributed by atoms with Crippen molar-refractivity contribution in [1.82, 2.24) is 14.8 Å². The number of fused-ring (bicyclic) bond motifs is 1. The van der Waals surface area contributed by atoms with Gasteiger partial charge in [-0.25, -0.2) is 0 Å². The van der Waals surface area contributed by atoms with Gasteiger partial charge in [0.15, 0.2) is 16.7 Å². The zero-order chi connectivity index (χ0) is 22.8. The van der Waals surface area contributed by atoms with Crippen LogP contribution in [0.15, 0.2) is 58.1 Å². The second kappa shape index (κ2) is 9.41. The summed E-state index contributed by atoms with van der Waals surface area (Å²) in [7, 11) is 1.64. The van der Waals surface area contributed by atoms with Crippen LogP contribution >= 0.6 is 11.8 Å². The Morgan fingerprint density at radius 2 is 2.00 bits per heavy atom. The molecule has 1 fully saturated rings. The van der Waals surface area contributed by atoms with Crippen LogP contribution < -0.4 is 4.74 Å². The number of thioether (sulfide) groups is 1. The second-order valence-electron chi connectivity index (χ2n) is 8.04. The molecule has 3 heterocycles. The molecule has 4 aromatic rings. The number of hydrogen-bond donors (Lipinski definition) is 0. The molecule has 0 saturated carbocycles. The predicted octanol–water partition coefficient (Wildman–Crippen LogP) is 5.16. The molecule has 0 radical (unpaired) electrons. The highest BCUT2D eigenvalue weighted by atomic mass is 32.2. The monoisotopic (exact) mass is 463 g/mol. The fraction of sp³-hybridized carbons (Fsp3) is 0.320. The van der Waals surface area contributed by atoms with Crippen LogP contribution in [0.2, 0.25) is 0 Å². The number of ketones is 1. The van der Waals surface area contributed by atoms with E-state index in [1.807, 2.05) is 55.5 Å². The van der Waals surface area contributed by atoms with E-state index < -0.39 is 0 Å². The SMILES string of the molecule is COc1ccc(-c2nnc(SCC(=O)c3oc4ccccc4c3C)n2C[C@@H]2CCCO2)cc1. The third kappa shape index (κ3) is 4.41. The first-order valence-corrected chi connectivity index (χ1v) is 12.0. The van der Waals surface area contributed by atoms with Gasteiger partial charge >= 0.3 is 0 Å². The zero-order valence-electron chi connectivity index (χ0n) is 18.6. The molecule has 1 saturated heterocycles. The second-order valence-corrected chi connectivity index (χ2v) is 8.99. The van der Waals surface area contributed by atoms with Gasteiger partial charge in [0.05, 0.1) is 25.5 Å². The van der Waals surface area contributed by atoms with E-state index >= 15 is 0 Å². The number of para-hydroxylation sites is 1. The first-order chi connectivity index (χ1) is 16.1. The topological polar surface area (TPSA) is 79.4 Å². The maximum Gasteiger partial charge on any atom is 0.208 e. The van der Waals surface area contributed by atoms with Gasteiger partial charge in [0, 0.05) is 23.1 Å². The Kier molecular flexibility index (Phi) is 6.20. The van der Waals surface area contributed by atoms with Crippen molar-refractivity contribution in [3.63, 3.8) is 0 Å². The van der Waals surface area contributed by atoms with Crippen LogP contribution in [0.5, 0.6) is 5.75 Å². The summed E-state index contributed by atoms with van der Waals surface area (Å²) in [6.45, 7) is 3.34. The van der Waals surface area contributed by atoms with Crippen molar-refractivity contribution in [2.75, 3.05) is 19.5 Å². The van der Waals surface area contributed by atoms with Crippen molar-refractivity contribution in [2.24, 2.45) is 0 Å². The quantitative estimate of drug-likeness (QED) is 0.264. The number of ether oxygens (including phenoxy) is 2. The molecule has 1 atom stereocenters. The molecule has 5 rings (SSSR count). The van der Waals surface area contributed by atoms with Gasteiger partial charge in [-0.3, -0.25) is 9.36 Å². The molecular formula is C25H25N3O4S. The van der Waals surface area contributed by atoms with Crippen molar-refractivity contribution >= 4 is 28.5 Å². The summed E-state index contributed by atoms with van der Waals surface area (Å²) < 4.78 is 19.0. The Morgan fingerprint density at radius 3 is 2.73 bits per heavy atom. The molecule has 0 bridgehead atoms. The van der Waals surface area contributed by atoms with E-state index in [0.29, 0.717) is 17.5 Å². The van der Waals surface area contributed by atoms with E-state index in [1.54, 1.807) is 7.11 Å².